The number of likely N-dealkylation sites (tertiary alicyclic amines) is 1. The molecule has 0 radical (unpaired) electrons. The quantitative estimate of drug-likeness (QED) is 0.836. The lowest BCUT2D eigenvalue weighted by atomic mass is 9.89. The molecule has 2 fully saturated rings. The predicted molar refractivity (Wildman–Crippen MR) is 114 cm³/mol. The van der Waals surface area contributed by atoms with Crippen LogP contribution in [0.15, 0.2) is 54.6 Å². The maximum Gasteiger partial charge on any atom is 0.244 e. The normalized spacial score (nSPS) is 25.0. The van der Waals surface area contributed by atoms with E-state index in [0.29, 0.717) is 18.4 Å². The van der Waals surface area contributed by atoms with Gasteiger partial charge in [0.15, 0.2) is 0 Å². The number of methoxy groups -OCH3 is 1. The Labute approximate surface area is 172 Å². The van der Waals surface area contributed by atoms with Gasteiger partial charge >= 0.3 is 0 Å². The summed E-state index contributed by atoms with van der Waals surface area (Å²) in [5.41, 5.74) is 8.26. The summed E-state index contributed by atoms with van der Waals surface area (Å²) in [6.07, 6.45) is 0.843. The number of nitrogens with two attached hydrogens (primary N) is 1. The van der Waals surface area contributed by atoms with E-state index in [-0.39, 0.29) is 24.4 Å². The number of nitrogens with zero attached hydrogens (tertiary/aromatic N) is 2. The number of benzene rings is 2. The maximum atomic E-state index is 13.2. The summed E-state index contributed by atoms with van der Waals surface area (Å²) in [4.78, 5) is 17.4. The summed E-state index contributed by atoms with van der Waals surface area (Å²) in [6.45, 7) is 3.14. The predicted octanol–water partition coefficient (Wildman–Crippen LogP) is 2.90. The first-order chi connectivity index (χ1) is 13.2. The third-order valence-electron chi connectivity index (χ3n) is 5.99. The zero-order valence-electron chi connectivity index (χ0n) is 16.2. The van der Waals surface area contributed by atoms with Gasteiger partial charge in [0.25, 0.3) is 0 Å². The molecule has 5 nitrogen and oxygen atoms in total. The highest BCUT2D eigenvalue weighted by Crippen LogP contribution is 2.37. The molecular weight excluding hydrogens is 374 g/mol. The van der Waals surface area contributed by atoms with Crippen LogP contribution >= 0.6 is 12.4 Å². The van der Waals surface area contributed by atoms with Crippen molar-refractivity contribution in [2.75, 3.05) is 38.2 Å². The van der Waals surface area contributed by atoms with Crippen LogP contribution in [-0.4, -0.2) is 50.1 Å². The molecule has 1 unspecified atom stereocenters. The first-order valence-corrected chi connectivity index (χ1v) is 9.66. The van der Waals surface area contributed by atoms with Crippen molar-refractivity contribution in [2.24, 2.45) is 11.7 Å². The van der Waals surface area contributed by atoms with Crippen LogP contribution in [0.5, 0.6) is 5.75 Å². The fourth-order valence-electron chi connectivity index (χ4n) is 4.57. The van der Waals surface area contributed by atoms with E-state index in [1.165, 1.54) is 5.56 Å². The fourth-order valence-corrected chi connectivity index (χ4v) is 4.57. The van der Waals surface area contributed by atoms with Crippen LogP contribution in [0, 0.1) is 5.92 Å². The first kappa shape index (κ1) is 20.6. The van der Waals surface area contributed by atoms with E-state index in [0.717, 1.165) is 37.5 Å². The van der Waals surface area contributed by atoms with Crippen LogP contribution in [0.25, 0.3) is 0 Å². The van der Waals surface area contributed by atoms with Crippen LogP contribution in [0.2, 0.25) is 0 Å². The van der Waals surface area contributed by atoms with Crippen LogP contribution in [0.3, 0.4) is 0 Å². The molecule has 0 spiro atoms. The second-order valence-electron chi connectivity index (χ2n) is 7.43. The van der Waals surface area contributed by atoms with E-state index < -0.39 is 0 Å². The van der Waals surface area contributed by atoms with Crippen LogP contribution in [-0.2, 0) is 4.79 Å². The van der Waals surface area contributed by atoms with Crippen LogP contribution < -0.4 is 15.4 Å². The zero-order valence-corrected chi connectivity index (χ0v) is 17.0. The molecule has 0 aliphatic carbocycles. The Bertz CT molecular complexity index is 801. The first-order valence-electron chi connectivity index (χ1n) is 9.66. The molecule has 1 amide bonds. The Kier molecular flexibility index (Phi) is 6.60. The molecule has 28 heavy (non-hydrogen) atoms. The van der Waals surface area contributed by atoms with Crippen molar-refractivity contribution in [3.05, 3.63) is 60.2 Å². The van der Waals surface area contributed by atoms with Crippen molar-refractivity contribution in [3.63, 3.8) is 0 Å². The number of amides is 1. The van der Waals surface area contributed by atoms with Crippen molar-refractivity contribution < 1.29 is 9.53 Å². The molecule has 2 saturated heterocycles. The van der Waals surface area contributed by atoms with E-state index in [9.17, 15) is 4.79 Å². The molecule has 2 heterocycles. The van der Waals surface area contributed by atoms with Gasteiger partial charge in [-0.3, -0.25) is 9.69 Å². The highest BCUT2D eigenvalue weighted by atomic mass is 35.5. The molecule has 0 bridgehead atoms. The van der Waals surface area contributed by atoms with Crippen LogP contribution in [0.4, 0.5) is 5.69 Å². The molecule has 2 N–H and O–H groups in total. The van der Waals surface area contributed by atoms with E-state index in [4.69, 9.17) is 10.5 Å². The van der Waals surface area contributed by atoms with Gasteiger partial charge in [0.2, 0.25) is 5.91 Å². The second kappa shape index (κ2) is 8.95. The molecule has 3 atom stereocenters. The smallest absolute Gasteiger partial charge is 0.244 e. The Morgan fingerprint density at radius 2 is 1.79 bits per heavy atom. The van der Waals surface area contributed by atoms with E-state index in [1.54, 1.807) is 7.11 Å². The number of ether oxygens (including phenoxy) is 1. The van der Waals surface area contributed by atoms with Gasteiger partial charge in [0.1, 0.15) is 5.75 Å². The van der Waals surface area contributed by atoms with Gasteiger partial charge in [-0.2, -0.15) is 0 Å². The SMILES string of the molecule is COc1ccccc1N1CCC(N2C[C@@H](CN)[C@H](c3ccccc3)C2)C1=O.Cl. The average molecular weight is 402 g/mol. The Morgan fingerprint density at radius 3 is 2.50 bits per heavy atom. The van der Waals surface area contributed by atoms with Crippen molar-refractivity contribution in [1.82, 2.24) is 4.90 Å². The number of halogens is 1. The molecule has 2 aromatic rings. The number of para-hydroxylation sites is 2. The molecule has 0 aromatic heterocycles. The average Bonchev–Trinajstić information content (AvgIpc) is 3.32. The summed E-state index contributed by atoms with van der Waals surface area (Å²) in [5, 5.41) is 0. The Hall–Kier alpha value is -2.08. The standard InChI is InChI=1S/C22H27N3O2.ClH/c1-27-21-10-6-5-9-19(21)25-12-11-20(22(25)26)24-14-17(13-23)18(15-24)16-7-3-2-4-8-16;/h2-10,17-18,20H,11-15,23H2,1H3;1H/t17-,18+,20?;/m1./s1. The summed E-state index contributed by atoms with van der Waals surface area (Å²) in [6, 6.07) is 18.2. The second-order valence-corrected chi connectivity index (χ2v) is 7.43. The summed E-state index contributed by atoms with van der Waals surface area (Å²) in [7, 11) is 1.65. The van der Waals surface area contributed by atoms with Gasteiger partial charge in [0.05, 0.1) is 18.8 Å². The van der Waals surface area contributed by atoms with Gasteiger partial charge in [-0.05, 0) is 36.6 Å². The molecular formula is C22H28ClN3O2. The van der Waals surface area contributed by atoms with Crippen LogP contribution in [0.1, 0.15) is 17.9 Å². The molecule has 0 saturated carbocycles. The number of carbonyl (C=O) groups is 1. The number of anilines is 1. The molecule has 2 aliphatic rings. The third-order valence-corrected chi connectivity index (χ3v) is 5.99. The van der Waals surface area contributed by atoms with Gasteiger partial charge in [0, 0.05) is 25.6 Å². The highest BCUT2D eigenvalue weighted by Gasteiger charge is 2.43. The van der Waals surface area contributed by atoms with Crippen molar-refractivity contribution >= 4 is 24.0 Å². The van der Waals surface area contributed by atoms with Gasteiger partial charge in [-0.1, -0.05) is 42.5 Å². The van der Waals surface area contributed by atoms with Gasteiger partial charge in [-0.15, -0.1) is 12.4 Å². The number of hydrogen-bond donors (Lipinski definition) is 1. The number of hydrogen-bond acceptors (Lipinski definition) is 4. The fraction of sp³-hybridized carbons (Fsp3) is 0.409. The largest absolute Gasteiger partial charge is 0.495 e. The third kappa shape index (κ3) is 3.75. The highest BCUT2D eigenvalue weighted by molar-refractivity contribution is 6.00. The minimum Gasteiger partial charge on any atom is -0.495 e. The topological polar surface area (TPSA) is 58.8 Å². The summed E-state index contributed by atoms with van der Waals surface area (Å²) >= 11 is 0. The molecule has 4 rings (SSSR count). The maximum absolute atomic E-state index is 13.2. The minimum absolute atomic E-state index is 0. The minimum atomic E-state index is -0.0716. The Balaban J connectivity index is 0.00000225. The summed E-state index contributed by atoms with van der Waals surface area (Å²) < 4.78 is 5.45. The molecule has 2 aliphatic heterocycles. The van der Waals surface area contributed by atoms with Crippen molar-refractivity contribution in [3.8, 4) is 5.75 Å². The van der Waals surface area contributed by atoms with E-state index >= 15 is 0 Å². The summed E-state index contributed by atoms with van der Waals surface area (Å²) in [5.74, 6) is 1.70. The van der Waals surface area contributed by atoms with Gasteiger partial charge < -0.3 is 15.4 Å². The number of carbonyl (C=O) groups excluding carboxylic acids is 1. The van der Waals surface area contributed by atoms with E-state index in [1.807, 2.05) is 35.2 Å². The monoisotopic (exact) mass is 401 g/mol. The molecule has 150 valence electrons. The van der Waals surface area contributed by atoms with Gasteiger partial charge in [-0.25, -0.2) is 0 Å². The Morgan fingerprint density at radius 1 is 1.07 bits per heavy atom. The lowest BCUT2D eigenvalue weighted by Crippen LogP contribution is -2.41. The lowest BCUT2D eigenvalue weighted by Gasteiger charge is -2.24. The number of rotatable bonds is 5. The molecule has 2 aromatic carbocycles. The lowest BCUT2D eigenvalue weighted by molar-refractivity contribution is -0.121. The van der Waals surface area contributed by atoms with Crippen molar-refractivity contribution in [2.45, 2.75) is 18.4 Å². The molecule has 6 heteroatoms. The zero-order chi connectivity index (χ0) is 18.8. The van der Waals surface area contributed by atoms with Crippen molar-refractivity contribution in [1.29, 1.82) is 0 Å². The van der Waals surface area contributed by atoms with E-state index in [2.05, 4.69) is 29.2 Å².